The van der Waals surface area contributed by atoms with Gasteiger partial charge < -0.3 is 24.3 Å². The summed E-state index contributed by atoms with van der Waals surface area (Å²) in [5.41, 5.74) is 2.49. The van der Waals surface area contributed by atoms with Gasteiger partial charge in [0.2, 0.25) is 5.91 Å². The molecule has 3 aromatic rings. The van der Waals surface area contributed by atoms with Crippen molar-refractivity contribution in [2.75, 3.05) is 26.6 Å². The number of benzene rings is 3. The van der Waals surface area contributed by atoms with Gasteiger partial charge in [-0.1, -0.05) is 36.4 Å². The summed E-state index contributed by atoms with van der Waals surface area (Å²) in [6.45, 7) is 0.445. The normalized spacial score (nSPS) is 10.5. The molecular formula is C25H25NO5. The molecule has 0 spiro atoms. The lowest BCUT2D eigenvalue weighted by atomic mass is 10.2. The van der Waals surface area contributed by atoms with E-state index in [-0.39, 0.29) is 5.91 Å². The van der Waals surface area contributed by atoms with Crippen LogP contribution in [0, 0.1) is 0 Å². The molecule has 6 nitrogen and oxygen atoms in total. The van der Waals surface area contributed by atoms with Gasteiger partial charge in [0.1, 0.15) is 6.61 Å². The number of anilines is 1. The number of carbonyl (C=O) groups excluding carboxylic acids is 1. The topological polar surface area (TPSA) is 66.0 Å². The third-order valence-corrected chi connectivity index (χ3v) is 4.50. The average molecular weight is 419 g/mol. The van der Waals surface area contributed by atoms with Gasteiger partial charge in [-0.25, -0.2) is 0 Å². The van der Waals surface area contributed by atoms with Crippen molar-refractivity contribution in [3.05, 3.63) is 83.9 Å². The highest BCUT2D eigenvalue weighted by atomic mass is 16.5. The lowest BCUT2D eigenvalue weighted by Crippen LogP contribution is -2.08. The van der Waals surface area contributed by atoms with Crippen molar-refractivity contribution in [3.8, 4) is 23.0 Å². The highest BCUT2D eigenvalue weighted by molar-refractivity contribution is 6.02. The van der Waals surface area contributed by atoms with Crippen LogP contribution in [-0.2, 0) is 11.4 Å². The second kappa shape index (κ2) is 10.7. The third kappa shape index (κ3) is 6.02. The molecule has 6 heteroatoms. The number of carbonyl (C=O) groups is 1. The number of hydrogen-bond acceptors (Lipinski definition) is 5. The van der Waals surface area contributed by atoms with Crippen molar-refractivity contribution in [1.29, 1.82) is 0 Å². The molecule has 0 aliphatic heterocycles. The van der Waals surface area contributed by atoms with Gasteiger partial charge in [-0.15, -0.1) is 0 Å². The molecule has 0 heterocycles. The summed E-state index contributed by atoms with van der Waals surface area (Å²) in [6, 6.07) is 20.6. The number of ether oxygens (including phenoxy) is 4. The highest BCUT2D eigenvalue weighted by Gasteiger charge is 2.07. The summed E-state index contributed by atoms with van der Waals surface area (Å²) in [4.78, 5) is 12.3. The smallest absolute Gasteiger partial charge is 0.248 e. The first-order valence-electron chi connectivity index (χ1n) is 9.69. The van der Waals surface area contributed by atoms with Crippen LogP contribution < -0.4 is 24.3 Å². The second-order valence-corrected chi connectivity index (χ2v) is 6.58. The highest BCUT2D eigenvalue weighted by Crippen LogP contribution is 2.30. The van der Waals surface area contributed by atoms with Gasteiger partial charge in [-0.05, 0) is 41.5 Å². The van der Waals surface area contributed by atoms with E-state index in [9.17, 15) is 4.79 Å². The molecule has 0 unspecified atom stereocenters. The van der Waals surface area contributed by atoms with Gasteiger partial charge in [0.15, 0.2) is 23.0 Å². The van der Waals surface area contributed by atoms with Crippen LogP contribution in [0.4, 0.5) is 5.69 Å². The van der Waals surface area contributed by atoms with Crippen molar-refractivity contribution >= 4 is 17.7 Å². The molecular weight excluding hydrogens is 394 g/mol. The van der Waals surface area contributed by atoms with Crippen molar-refractivity contribution in [2.45, 2.75) is 6.61 Å². The Morgan fingerprint density at radius 1 is 0.806 bits per heavy atom. The van der Waals surface area contributed by atoms with E-state index >= 15 is 0 Å². The van der Waals surface area contributed by atoms with Gasteiger partial charge in [0.05, 0.1) is 21.3 Å². The van der Waals surface area contributed by atoms with Gasteiger partial charge >= 0.3 is 0 Å². The standard InChI is InChI=1S/C25H25NO5/c1-28-21-13-11-20(16-24(21)30-3)26-25(27)14-10-18-9-12-22(23(15-18)29-2)31-17-19-7-5-4-6-8-19/h4-16H,17H2,1-3H3,(H,26,27). The van der Waals surface area contributed by atoms with Crippen LogP contribution in [0.15, 0.2) is 72.8 Å². The van der Waals surface area contributed by atoms with E-state index in [1.54, 1.807) is 45.6 Å². The first-order valence-corrected chi connectivity index (χ1v) is 9.69. The Hall–Kier alpha value is -3.93. The SMILES string of the molecule is COc1ccc(NC(=O)C=Cc2ccc(OCc3ccccc3)c(OC)c2)cc1OC. The minimum atomic E-state index is -0.268. The Labute approximate surface area is 182 Å². The van der Waals surface area contributed by atoms with Crippen LogP contribution in [0.2, 0.25) is 0 Å². The van der Waals surface area contributed by atoms with Gasteiger partial charge in [0, 0.05) is 17.8 Å². The first kappa shape index (κ1) is 21.8. The van der Waals surface area contributed by atoms with Crippen molar-refractivity contribution < 1.29 is 23.7 Å². The van der Waals surface area contributed by atoms with Crippen molar-refractivity contribution in [2.24, 2.45) is 0 Å². The van der Waals surface area contributed by atoms with E-state index in [1.807, 2.05) is 48.5 Å². The summed E-state index contributed by atoms with van der Waals surface area (Å²) in [6.07, 6.45) is 3.16. The van der Waals surface area contributed by atoms with Gasteiger partial charge in [-0.2, -0.15) is 0 Å². The zero-order chi connectivity index (χ0) is 22.1. The van der Waals surface area contributed by atoms with Gasteiger partial charge in [-0.3, -0.25) is 4.79 Å². The van der Waals surface area contributed by atoms with E-state index in [4.69, 9.17) is 18.9 Å². The summed E-state index contributed by atoms with van der Waals surface area (Å²) in [5.74, 6) is 2.10. The van der Waals surface area contributed by atoms with E-state index in [1.165, 1.54) is 6.08 Å². The predicted molar refractivity (Wildman–Crippen MR) is 121 cm³/mol. The van der Waals surface area contributed by atoms with Crippen LogP contribution >= 0.6 is 0 Å². The maximum atomic E-state index is 12.3. The fourth-order valence-electron chi connectivity index (χ4n) is 2.91. The molecule has 0 saturated carbocycles. The fourth-order valence-corrected chi connectivity index (χ4v) is 2.91. The van der Waals surface area contributed by atoms with Gasteiger partial charge in [0.25, 0.3) is 0 Å². The Bertz CT molecular complexity index is 1050. The molecule has 31 heavy (non-hydrogen) atoms. The molecule has 0 aliphatic carbocycles. The molecule has 1 amide bonds. The number of amides is 1. The Morgan fingerprint density at radius 3 is 2.19 bits per heavy atom. The molecule has 0 aliphatic rings. The lowest BCUT2D eigenvalue weighted by molar-refractivity contribution is -0.111. The van der Waals surface area contributed by atoms with E-state index in [2.05, 4.69) is 5.32 Å². The molecule has 0 aromatic heterocycles. The minimum Gasteiger partial charge on any atom is -0.493 e. The summed E-state index contributed by atoms with van der Waals surface area (Å²) in [7, 11) is 4.69. The zero-order valence-electron chi connectivity index (χ0n) is 17.8. The van der Waals surface area contributed by atoms with E-state index < -0.39 is 0 Å². The lowest BCUT2D eigenvalue weighted by Gasteiger charge is -2.11. The second-order valence-electron chi connectivity index (χ2n) is 6.58. The zero-order valence-corrected chi connectivity index (χ0v) is 17.8. The molecule has 0 saturated heterocycles. The van der Waals surface area contributed by atoms with Crippen molar-refractivity contribution in [1.82, 2.24) is 0 Å². The molecule has 1 N–H and O–H groups in total. The van der Waals surface area contributed by atoms with Crippen LogP contribution in [-0.4, -0.2) is 27.2 Å². The molecule has 3 aromatic carbocycles. The molecule has 0 fully saturated rings. The Kier molecular flexibility index (Phi) is 7.54. The molecule has 0 radical (unpaired) electrons. The summed E-state index contributed by atoms with van der Waals surface area (Å²) >= 11 is 0. The van der Waals surface area contributed by atoms with E-state index in [0.717, 1.165) is 11.1 Å². The average Bonchev–Trinajstić information content (AvgIpc) is 2.82. The summed E-state index contributed by atoms with van der Waals surface area (Å²) in [5, 5.41) is 2.80. The minimum absolute atomic E-state index is 0.268. The number of rotatable bonds is 9. The molecule has 0 bridgehead atoms. The number of nitrogens with one attached hydrogen (secondary N) is 1. The third-order valence-electron chi connectivity index (χ3n) is 4.50. The maximum absolute atomic E-state index is 12.3. The predicted octanol–water partition coefficient (Wildman–Crippen LogP) is 4.94. The summed E-state index contributed by atoms with van der Waals surface area (Å²) < 4.78 is 21.8. The fraction of sp³-hybridized carbons (Fsp3) is 0.160. The Morgan fingerprint density at radius 2 is 1.48 bits per heavy atom. The van der Waals surface area contributed by atoms with Crippen LogP contribution in [0.25, 0.3) is 6.08 Å². The molecule has 160 valence electrons. The molecule has 3 rings (SSSR count). The Balaban J connectivity index is 1.64. The molecule has 0 atom stereocenters. The maximum Gasteiger partial charge on any atom is 0.248 e. The van der Waals surface area contributed by atoms with Crippen LogP contribution in [0.1, 0.15) is 11.1 Å². The first-order chi connectivity index (χ1) is 15.1. The largest absolute Gasteiger partial charge is 0.493 e. The van der Waals surface area contributed by atoms with Crippen molar-refractivity contribution in [3.63, 3.8) is 0 Å². The monoisotopic (exact) mass is 419 g/mol. The number of methoxy groups -OCH3 is 3. The van der Waals surface area contributed by atoms with E-state index in [0.29, 0.717) is 35.3 Å². The number of hydrogen-bond donors (Lipinski definition) is 1. The van der Waals surface area contributed by atoms with Crippen LogP contribution in [0.5, 0.6) is 23.0 Å². The quantitative estimate of drug-likeness (QED) is 0.498. The van der Waals surface area contributed by atoms with Crippen LogP contribution in [0.3, 0.4) is 0 Å².